The van der Waals surface area contributed by atoms with E-state index in [1.807, 2.05) is 17.3 Å². The van der Waals surface area contributed by atoms with E-state index in [0.29, 0.717) is 0 Å². The van der Waals surface area contributed by atoms with Crippen molar-refractivity contribution in [2.45, 2.75) is 38.9 Å². The van der Waals surface area contributed by atoms with Crippen LogP contribution in [0.1, 0.15) is 33.3 Å². The molecule has 2 aromatic carbocycles. The molecule has 0 spiro atoms. The van der Waals surface area contributed by atoms with Crippen molar-refractivity contribution in [3.8, 4) is 0 Å². The lowest BCUT2D eigenvalue weighted by molar-refractivity contribution is 0.00578. The van der Waals surface area contributed by atoms with Crippen molar-refractivity contribution >= 4 is 44.7 Å². The Bertz CT molecular complexity index is 923. The quantitative estimate of drug-likeness (QED) is 0.559. The van der Waals surface area contributed by atoms with Gasteiger partial charge in [0, 0.05) is 20.2 Å². The van der Waals surface area contributed by atoms with E-state index in [-0.39, 0.29) is 18.3 Å². The number of hydrogen-bond acceptors (Lipinski definition) is 3. The van der Waals surface area contributed by atoms with E-state index in [1.165, 1.54) is 25.7 Å². The standard InChI is InChI=1S/C20H21BO2S/c1-19(2)20(3,4)23-21(22-19)12-11-14-9-10-16-15-7-5-6-8-17(15)24-18(16)13-14/h5-13H,1-4H3/b12-11+. The number of thiophene rings is 1. The Hall–Kier alpha value is -1.62. The summed E-state index contributed by atoms with van der Waals surface area (Å²) in [5, 5.41) is 2.65. The van der Waals surface area contributed by atoms with Crippen LogP contribution < -0.4 is 0 Å². The second-order valence-electron chi connectivity index (χ2n) is 7.34. The highest BCUT2D eigenvalue weighted by atomic mass is 32.1. The zero-order valence-electron chi connectivity index (χ0n) is 14.5. The molecule has 1 fully saturated rings. The van der Waals surface area contributed by atoms with Gasteiger partial charge >= 0.3 is 7.12 Å². The predicted molar refractivity (Wildman–Crippen MR) is 104 cm³/mol. The molecule has 0 atom stereocenters. The van der Waals surface area contributed by atoms with Crippen LogP contribution in [0.3, 0.4) is 0 Å². The Labute approximate surface area is 147 Å². The zero-order valence-corrected chi connectivity index (χ0v) is 15.3. The van der Waals surface area contributed by atoms with Crippen LogP contribution in [-0.2, 0) is 9.31 Å². The molecular weight excluding hydrogens is 315 g/mol. The SMILES string of the molecule is CC1(C)OB(/C=C/c2ccc3c(c2)sc2ccccc23)OC1(C)C. The summed E-state index contributed by atoms with van der Waals surface area (Å²) in [4.78, 5) is 0. The fourth-order valence-corrected chi connectivity index (χ4v) is 4.16. The van der Waals surface area contributed by atoms with Crippen LogP contribution in [0.5, 0.6) is 0 Å². The smallest absolute Gasteiger partial charge is 0.400 e. The van der Waals surface area contributed by atoms with Gasteiger partial charge in [0.1, 0.15) is 0 Å². The molecule has 1 aliphatic rings. The van der Waals surface area contributed by atoms with Crippen LogP contribution in [0.25, 0.3) is 26.2 Å². The van der Waals surface area contributed by atoms with Crippen molar-refractivity contribution in [1.29, 1.82) is 0 Å². The maximum Gasteiger partial charge on any atom is 0.487 e. The third-order valence-electron chi connectivity index (χ3n) is 5.12. The lowest BCUT2D eigenvalue weighted by atomic mass is 9.89. The number of benzene rings is 2. The Morgan fingerprint density at radius 1 is 0.875 bits per heavy atom. The van der Waals surface area contributed by atoms with Gasteiger partial charge in [0.15, 0.2) is 0 Å². The number of rotatable bonds is 2. The second kappa shape index (κ2) is 5.45. The van der Waals surface area contributed by atoms with Crippen LogP contribution in [0.15, 0.2) is 48.4 Å². The lowest BCUT2D eigenvalue weighted by Gasteiger charge is -2.32. The van der Waals surface area contributed by atoms with Crippen LogP contribution in [-0.4, -0.2) is 18.3 Å². The van der Waals surface area contributed by atoms with E-state index in [1.54, 1.807) is 0 Å². The molecule has 4 rings (SSSR count). The first-order chi connectivity index (χ1) is 11.4. The topological polar surface area (TPSA) is 18.5 Å². The molecule has 0 bridgehead atoms. The molecule has 0 radical (unpaired) electrons. The van der Waals surface area contributed by atoms with Gasteiger partial charge in [-0.15, -0.1) is 11.3 Å². The van der Waals surface area contributed by atoms with Crippen molar-refractivity contribution in [2.75, 3.05) is 0 Å². The first kappa shape index (κ1) is 15.9. The first-order valence-electron chi connectivity index (χ1n) is 8.31. The van der Waals surface area contributed by atoms with Gasteiger partial charge in [-0.25, -0.2) is 0 Å². The average molecular weight is 336 g/mol. The van der Waals surface area contributed by atoms with Gasteiger partial charge in [-0.2, -0.15) is 0 Å². The summed E-state index contributed by atoms with van der Waals surface area (Å²) in [5.41, 5.74) is 0.582. The third kappa shape index (κ3) is 2.59. The summed E-state index contributed by atoms with van der Waals surface area (Å²) in [5.74, 6) is 2.00. The highest BCUT2D eigenvalue weighted by Gasteiger charge is 2.49. The minimum Gasteiger partial charge on any atom is -0.400 e. The molecule has 0 aliphatic carbocycles. The highest BCUT2D eigenvalue weighted by Crippen LogP contribution is 2.37. The molecular formula is C20H21BO2S. The minimum absolute atomic E-state index is 0.294. The van der Waals surface area contributed by atoms with E-state index in [4.69, 9.17) is 9.31 Å². The first-order valence-corrected chi connectivity index (χ1v) is 9.13. The number of fused-ring (bicyclic) bond motifs is 3. The molecule has 1 aromatic heterocycles. The zero-order chi connectivity index (χ0) is 16.9. The molecule has 0 N–H and O–H groups in total. The highest BCUT2D eigenvalue weighted by molar-refractivity contribution is 7.25. The van der Waals surface area contributed by atoms with E-state index in [0.717, 1.165) is 0 Å². The summed E-state index contributed by atoms with van der Waals surface area (Å²) >= 11 is 1.84. The minimum atomic E-state index is -0.298. The van der Waals surface area contributed by atoms with Crippen LogP contribution in [0.4, 0.5) is 0 Å². The van der Waals surface area contributed by atoms with Gasteiger partial charge < -0.3 is 9.31 Å². The van der Waals surface area contributed by atoms with Crippen molar-refractivity contribution in [1.82, 2.24) is 0 Å². The summed E-state index contributed by atoms with van der Waals surface area (Å²) in [6.07, 6.45) is 2.09. The Morgan fingerprint density at radius 3 is 2.29 bits per heavy atom. The van der Waals surface area contributed by atoms with Gasteiger partial charge in [-0.3, -0.25) is 0 Å². The van der Waals surface area contributed by atoms with Gasteiger partial charge in [0.25, 0.3) is 0 Å². The van der Waals surface area contributed by atoms with Gasteiger partial charge in [0.05, 0.1) is 11.2 Å². The summed E-state index contributed by atoms with van der Waals surface area (Å²) in [7, 11) is -0.298. The molecule has 2 nitrogen and oxygen atoms in total. The third-order valence-corrected chi connectivity index (χ3v) is 6.25. The van der Waals surface area contributed by atoms with E-state index in [2.05, 4.69) is 76.2 Å². The molecule has 0 saturated carbocycles. The normalized spacial score (nSPS) is 19.8. The van der Waals surface area contributed by atoms with Crippen molar-refractivity contribution in [3.63, 3.8) is 0 Å². The van der Waals surface area contributed by atoms with Gasteiger partial charge in [0.2, 0.25) is 0 Å². The Balaban J connectivity index is 1.62. The Morgan fingerprint density at radius 2 is 1.54 bits per heavy atom. The maximum absolute atomic E-state index is 6.01. The summed E-state index contributed by atoms with van der Waals surface area (Å²) in [6.45, 7) is 8.29. The number of hydrogen-bond donors (Lipinski definition) is 0. The molecule has 24 heavy (non-hydrogen) atoms. The van der Waals surface area contributed by atoms with E-state index >= 15 is 0 Å². The molecule has 122 valence electrons. The van der Waals surface area contributed by atoms with Crippen molar-refractivity contribution < 1.29 is 9.31 Å². The molecule has 1 aliphatic heterocycles. The fraction of sp³-hybridized carbons (Fsp3) is 0.300. The molecule has 2 heterocycles. The monoisotopic (exact) mass is 336 g/mol. The van der Waals surface area contributed by atoms with Crippen LogP contribution >= 0.6 is 11.3 Å². The summed E-state index contributed by atoms with van der Waals surface area (Å²) < 4.78 is 14.7. The maximum atomic E-state index is 6.01. The van der Waals surface area contributed by atoms with Gasteiger partial charge in [-0.05, 0) is 45.4 Å². The molecule has 1 saturated heterocycles. The second-order valence-corrected chi connectivity index (χ2v) is 8.42. The molecule has 3 aromatic rings. The van der Waals surface area contributed by atoms with Crippen LogP contribution in [0, 0.1) is 0 Å². The average Bonchev–Trinajstić information content (AvgIpc) is 2.98. The predicted octanol–water partition coefficient (Wildman–Crippen LogP) is 5.70. The molecule has 0 unspecified atom stereocenters. The summed E-state index contributed by atoms with van der Waals surface area (Å²) in [6, 6.07) is 15.2. The van der Waals surface area contributed by atoms with Gasteiger partial charge in [-0.1, -0.05) is 42.4 Å². The molecule has 4 heteroatoms. The van der Waals surface area contributed by atoms with Crippen LogP contribution in [0.2, 0.25) is 0 Å². The van der Waals surface area contributed by atoms with E-state index < -0.39 is 0 Å². The fourth-order valence-electron chi connectivity index (χ4n) is 3.00. The lowest BCUT2D eigenvalue weighted by Crippen LogP contribution is -2.41. The van der Waals surface area contributed by atoms with Crippen molar-refractivity contribution in [3.05, 3.63) is 54.0 Å². The van der Waals surface area contributed by atoms with E-state index in [9.17, 15) is 0 Å². The molecule has 0 amide bonds. The largest absolute Gasteiger partial charge is 0.487 e. The van der Waals surface area contributed by atoms with Crippen molar-refractivity contribution in [2.24, 2.45) is 0 Å². The Kier molecular flexibility index (Phi) is 3.61.